The maximum absolute atomic E-state index is 12.9. The summed E-state index contributed by atoms with van der Waals surface area (Å²) in [5.74, 6) is -0.919. The number of ether oxygens (including phenoxy) is 3. The van der Waals surface area contributed by atoms with Crippen molar-refractivity contribution in [2.75, 3.05) is 13.2 Å². The molecule has 0 radical (unpaired) electrons. The molecule has 0 aromatic carbocycles. The topological polar surface area (TPSA) is 78.9 Å². The Morgan fingerprint density at radius 3 is 1.04 bits per heavy atom. The van der Waals surface area contributed by atoms with E-state index in [1.165, 1.54) is 141 Å². The molecule has 0 saturated heterocycles. The highest BCUT2D eigenvalue weighted by Gasteiger charge is 2.19. The van der Waals surface area contributed by atoms with Gasteiger partial charge >= 0.3 is 17.9 Å². The van der Waals surface area contributed by atoms with Crippen LogP contribution in [0.4, 0.5) is 0 Å². The second-order valence-electron chi connectivity index (χ2n) is 19.3. The second kappa shape index (κ2) is 57.2. The Labute approximate surface area is 426 Å². The zero-order chi connectivity index (χ0) is 50.0. The summed E-state index contributed by atoms with van der Waals surface area (Å²) >= 11 is 0. The van der Waals surface area contributed by atoms with E-state index in [9.17, 15) is 14.4 Å². The Morgan fingerprint density at radius 1 is 0.319 bits per heavy atom. The number of carbonyl (C=O) groups is 3. The van der Waals surface area contributed by atoms with Gasteiger partial charge in [-0.25, -0.2) is 0 Å². The number of hydrogen-bond acceptors (Lipinski definition) is 6. The Hall–Kier alpha value is -3.41. The normalized spacial score (nSPS) is 12.7. The van der Waals surface area contributed by atoms with E-state index in [1.807, 2.05) is 18.2 Å². The fraction of sp³-hybridized carbons (Fsp3) is 0.730. The lowest BCUT2D eigenvalue weighted by atomic mass is 10.1. The minimum absolute atomic E-state index is 0.0897. The Balaban J connectivity index is 4.42. The summed E-state index contributed by atoms with van der Waals surface area (Å²) in [6.45, 7) is 6.46. The Bertz CT molecular complexity index is 1330. The molecule has 0 aromatic rings. The van der Waals surface area contributed by atoms with Crippen molar-refractivity contribution in [1.29, 1.82) is 0 Å². The van der Waals surface area contributed by atoms with Crippen molar-refractivity contribution >= 4 is 17.9 Å². The first-order valence-electron chi connectivity index (χ1n) is 29.1. The third-order valence-electron chi connectivity index (χ3n) is 12.4. The van der Waals surface area contributed by atoms with Gasteiger partial charge in [0.05, 0.1) is 0 Å². The third-order valence-corrected chi connectivity index (χ3v) is 12.4. The molecule has 1 atom stereocenters. The van der Waals surface area contributed by atoms with Crippen molar-refractivity contribution < 1.29 is 28.6 Å². The van der Waals surface area contributed by atoms with Crippen LogP contribution in [0.1, 0.15) is 278 Å². The quantitative estimate of drug-likeness (QED) is 0.0199. The van der Waals surface area contributed by atoms with Crippen LogP contribution in [0, 0.1) is 0 Å². The zero-order valence-corrected chi connectivity index (χ0v) is 45.3. The van der Waals surface area contributed by atoms with Gasteiger partial charge in [-0.3, -0.25) is 14.4 Å². The average Bonchev–Trinajstić information content (AvgIpc) is 3.35. The summed E-state index contributed by atoms with van der Waals surface area (Å²) in [6, 6.07) is 0. The molecule has 69 heavy (non-hydrogen) atoms. The number of carbonyl (C=O) groups excluding carboxylic acids is 3. The number of rotatable bonds is 52. The molecule has 0 fully saturated rings. The van der Waals surface area contributed by atoms with Crippen molar-refractivity contribution in [1.82, 2.24) is 0 Å². The van der Waals surface area contributed by atoms with Gasteiger partial charge in [-0.1, -0.05) is 247 Å². The molecule has 396 valence electrons. The van der Waals surface area contributed by atoms with Gasteiger partial charge in [0.15, 0.2) is 6.10 Å². The van der Waals surface area contributed by atoms with Gasteiger partial charge in [-0.15, -0.1) is 0 Å². The second-order valence-corrected chi connectivity index (χ2v) is 19.3. The van der Waals surface area contributed by atoms with E-state index in [4.69, 9.17) is 14.2 Å². The van der Waals surface area contributed by atoms with Crippen LogP contribution in [0.5, 0.6) is 0 Å². The summed E-state index contributed by atoms with van der Waals surface area (Å²) in [7, 11) is 0. The lowest BCUT2D eigenvalue weighted by Gasteiger charge is -2.18. The summed E-state index contributed by atoms with van der Waals surface area (Å²) in [5.41, 5.74) is 0. The molecule has 0 aliphatic heterocycles. The zero-order valence-electron chi connectivity index (χ0n) is 45.3. The van der Waals surface area contributed by atoms with E-state index in [0.29, 0.717) is 19.3 Å². The van der Waals surface area contributed by atoms with Gasteiger partial charge in [0.2, 0.25) is 0 Å². The maximum Gasteiger partial charge on any atom is 0.306 e. The standard InChI is InChI=1S/C63H108O6/c1-4-7-10-13-16-19-22-25-28-30-31-33-35-38-41-44-47-50-53-56-62(65)68-59-60(58-67-61(64)55-52-49-46-43-40-37-34-27-24-21-18-15-12-9-6-3)69-63(66)57-54-51-48-45-42-39-36-32-29-26-23-20-17-14-11-8-5-2/h9,12,15,17-18,20-21,24,26-27,29-31,34,60H,4-8,10-11,13-14,16,19,22-23,25,28,32-33,35-59H2,1-3H3/b12-9-,18-15-,20-17-,24-21-,29-26-,31-30-,34-27-. The van der Waals surface area contributed by atoms with E-state index < -0.39 is 6.10 Å². The summed E-state index contributed by atoms with van der Waals surface area (Å²) in [6.07, 6.45) is 74.2. The highest BCUT2D eigenvalue weighted by atomic mass is 16.6. The van der Waals surface area contributed by atoms with E-state index in [1.54, 1.807) is 0 Å². The van der Waals surface area contributed by atoms with E-state index in [0.717, 1.165) is 96.3 Å². The molecular formula is C63H108O6. The number of hydrogen-bond donors (Lipinski definition) is 0. The van der Waals surface area contributed by atoms with Crippen molar-refractivity contribution in [2.24, 2.45) is 0 Å². The molecule has 0 saturated carbocycles. The van der Waals surface area contributed by atoms with Gasteiger partial charge in [0, 0.05) is 19.3 Å². The maximum atomic E-state index is 12.9. The van der Waals surface area contributed by atoms with Crippen LogP contribution in [-0.4, -0.2) is 37.2 Å². The first kappa shape index (κ1) is 65.6. The summed E-state index contributed by atoms with van der Waals surface area (Å²) in [4.78, 5) is 38.2. The van der Waals surface area contributed by atoms with Gasteiger partial charge < -0.3 is 14.2 Å². The minimum Gasteiger partial charge on any atom is -0.462 e. The smallest absolute Gasteiger partial charge is 0.306 e. The van der Waals surface area contributed by atoms with E-state index >= 15 is 0 Å². The number of esters is 3. The lowest BCUT2D eigenvalue weighted by Crippen LogP contribution is -2.30. The molecule has 6 heteroatoms. The molecule has 0 aliphatic rings. The van der Waals surface area contributed by atoms with Crippen LogP contribution < -0.4 is 0 Å². The fourth-order valence-electron chi connectivity index (χ4n) is 8.07. The molecule has 0 heterocycles. The molecule has 0 aromatic heterocycles. The average molecular weight is 962 g/mol. The van der Waals surface area contributed by atoms with Gasteiger partial charge in [-0.05, 0) is 96.3 Å². The molecule has 0 N–H and O–H groups in total. The van der Waals surface area contributed by atoms with Crippen molar-refractivity contribution in [3.05, 3.63) is 85.1 Å². The molecule has 0 rings (SSSR count). The molecule has 1 unspecified atom stereocenters. The van der Waals surface area contributed by atoms with Crippen LogP contribution in [0.25, 0.3) is 0 Å². The lowest BCUT2D eigenvalue weighted by molar-refractivity contribution is -0.167. The minimum atomic E-state index is -0.793. The molecule has 0 spiro atoms. The summed E-state index contributed by atoms with van der Waals surface area (Å²) in [5, 5.41) is 0. The monoisotopic (exact) mass is 961 g/mol. The van der Waals surface area contributed by atoms with Crippen LogP contribution in [-0.2, 0) is 28.6 Å². The predicted octanol–water partition coefficient (Wildman–Crippen LogP) is 19.5. The fourth-order valence-corrected chi connectivity index (χ4v) is 8.07. The predicted molar refractivity (Wildman–Crippen MR) is 297 cm³/mol. The summed E-state index contributed by atoms with van der Waals surface area (Å²) < 4.78 is 16.9. The first-order chi connectivity index (χ1) is 34.0. The number of unbranched alkanes of at least 4 members (excludes halogenated alkanes) is 30. The van der Waals surface area contributed by atoms with Crippen molar-refractivity contribution in [3.63, 3.8) is 0 Å². The molecular weight excluding hydrogens is 853 g/mol. The Kier molecular flexibility index (Phi) is 54.3. The van der Waals surface area contributed by atoms with Crippen molar-refractivity contribution in [3.8, 4) is 0 Å². The van der Waals surface area contributed by atoms with Gasteiger partial charge in [-0.2, -0.15) is 0 Å². The largest absolute Gasteiger partial charge is 0.462 e. The van der Waals surface area contributed by atoms with Gasteiger partial charge in [0.25, 0.3) is 0 Å². The molecule has 0 aliphatic carbocycles. The van der Waals surface area contributed by atoms with Crippen molar-refractivity contribution in [2.45, 2.75) is 284 Å². The van der Waals surface area contributed by atoms with E-state index in [-0.39, 0.29) is 31.1 Å². The third kappa shape index (κ3) is 55.4. The highest BCUT2D eigenvalue weighted by molar-refractivity contribution is 5.71. The molecule has 0 bridgehead atoms. The van der Waals surface area contributed by atoms with Crippen LogP contribution in [0.15, 0.2) is 85.1 Å². The first-order valence-corrected chi connectivity index (χ1v) is 29.1. The van der Waals surface area contributed by atoms with Gasteiger partial charge in [0.1, 0.15) is 13.2 Å². The molecule has 6 nitrogen and oxygen atoms in total. The highest BCUT2D eigenvalue weighted by Crippen LogP contribution is 2.15. The Morgan fingerprint density at radius 2 is 0.623 bits per heavy atom. The van der Waals surface area contributed by atoms with Crippen LogP contribution >= 0.6 is 0 Å². The van der Waals surface area contributed by atoms with E-state index in [2.05, 4.69) is 87.6 Å². The molecule has 0 amide bonds. The van der Waals surface area contributed by atoms with Crippen LogP contribution in [0.2, 0.25) is 0 Å². The number of allylic oxidation sites excluding steroid dienone is 14. The SMILES string of the molecule is CC\C=C/C=C\C=C/C=C\CCCCCCCC(=O)OCC(COC(=O)CCCCCCCCC/C=C\CCCCCCCCCC)OC(=O)CCCCCCCCC/C=C\C/C=C\CCCCC. The van der Waals surface area contributed by atoms with Crippen LogP contribution in [0.3, 0.4) is 0 Å².